The highest BCUT2D eigenvalue weighted by Crippen LogP contribution is 2.24. The van der Waals surface area contributed by atoms with Gasteiger partial charge in [0.15, 0.2) is 6.61 Å². The molecule has 1 aromatic heterocycles. The van der Waals surface area contributed by atoms with Gasteiger partial charge in [0.1, 0.15) is 11.6 Å². The zero-order chi connectivity index (χ0) is 21.7. The number of amides is 1. The van der Waals surface area contributed by atoms with Crippen molar-refractivity contribution in [3.05, 3.63) is 53.6 Å². The van der Waals surface area contributed by atoms with Crippen molar-refractivity contribution < 1.29 is 9.53 Å². The molecule has 1 atom stereocenters. The molecular weight excluding hydrogens is 419 g/mol. The minimum Gasteiger partial charge on any atom is -0.482 e. The highest BCUT2D eigenvalue weighted by molar-refractivity contribution is 7.27. The van der Waals surface area contributed by atoms with Gasteiger partial charge in [0, 0.05) is 31.2 Å². The van der Waals surface area contributed by atoms with Gasteiger partial charge in [-0.2, -0.15) is 0 Å². The van der Waals surface area contributed by atoms with Crippen LogP contribution in [0.1, 0.15) is 0 Å². The number of benzene rings is 2. The van der Waals surface area contributed by atoms with Crippen molar-refractivity contribution in [3.8, 4) is 5.75 Å². The van der Waals surface area contributed by atoms with E-state index in [1.54, 1.807) is 12.1 Å². The molecule has 0 saturated carbocycles. The van der Waals surface area contributed by atoms with E-state index >= 15 is 0 Å². The second kappa shape index (κ2) is 10.1. The highest BCUT2D eigenvalue weighted by Gasteiger charge is 2.09. The Morgan fingerprint density at radius 3 is 2.63 bits per heavy atom. The van der Waals surface area contributed by atoms with Crippen LogP contribution in [-0.4, -0.2) is 56.6 Å². The van der Waals surface area contributed by atoms with Gasteiger partial charge in [0.2, 0.25) is 0 Å². The predicted octanol–water partition coefficient (Wildman–Crippen LogP) is 3.40. The zero-order valence-electron chi connectivity index (χ0n) is 17.4. The van der Waals surface area contributed by atoms with Crippen molar-refractivity contribution in [3.63, 3.8) is 0 Å². The summed E-state index contributed by atoms with van der Waals surface area (Å²) in [7, 11) is 8.70. The van der Waals surface area contributed by atoms with Crippen molar-refractivity contribution in [1.29, 1.82) is 0 Å². The second-order valence-corrected chi connectivity index (χ2v) is 8.40. The van der Waals surface area contributed by atoms with E-state index in [2.05, 4.69) is 38.5 Å². The van der Waals surface area contributed by atoms with Gasteiger partial charge in [0.25, 0.3) is 5.91 Å². The van der Waals surface area contributed by atoms with Gasteiger partial charge in [-0.15, -0.1) is 9.24 Å². The lowest BCUT2D eigenvalue weighted by molar-refractivity contribution is -0.118. The predicted molar refractivity (Wildman–Crippen MR) is 128 cm³/mol. The van der Waals surface area contributed by atoms with Crippen LogP contribution in [0.5, 0.6) is 5.75 Å². The van der Waals surface area contributed by atoms with Crippen LogP contribution in [0, 0.1) is 0 Å². The van der Waals surface area contributed by atoms with Crippen LogP contribution < -0.4 is 20.3 Å². The molecule has 0 radical (unpaired) electrons. The Kier molecular flexibility index (Phi) is 7.48. The first-order valence-corrected chi connectivity index (χ1v) is 10.5. The molecule has 1 unspecified atom stereocenters. The molecule has 0 bridgehead atoms. The van der Waals surface area contributed by atoms with E-state index in [0.717, 1.165) is 35.1 Å². The summed E-state index contributed by atoms with van der Waals surface area (Å²) in [5.74, 6) is 1.14. The van der Waals surface area contributed by atoms with Crippen molar-refractivity contribution in [2.24, 2.45) is 0 Å². The van der Waals surface area contributed by atoms with E-state index in [1.807, 2.05) is 43.4 Å². The fraction of sp³-hybridized carbons (Fsp3) is 0.273. The molecule has 30 heavy (non-hydrogen) atoms. The number of ether oxygens (including phenoxy) is 1. The average Bonchev–Trinajstić information content (AvgIpc) is 2.71. The number of aromatic nitrogens is 1. The molecule has 0 fully saturated rings. The molecular formula is C22H26ClN4O2P. The van der Waals surface area contributed by atoms with Crippen molar-refractivity contribution in [2.45, 2.75) is 0 Å². The zero-order valence-corrected chi connectivity index (χ0v) is 19.3. The maximum atomic E-state index is 12.3. The number of carbonyl (C=O) groups excluding carboxylic acids is 1. The lowest BCUT2D eigenvalue weighted by Gasteiger charge is -2.20. The third-order valence-electron chi connectivity index (χ3n) is 4.55. The number of halogens is 1. The van der Waals surface area contributed by atoms with Crippen LogP contribution in [-0.2, 0) is 4.79 Å². The molecule has 3 aromatic rings. The van der Waals surface area contributed by atoms with Crippen LogP contribution >= 0.6 is 20.8 Å². The number of nitrogens with zero attached hydrogens (tertiary/aromatic N) is 3. The second-order valence-electron chi connectivity index (χ2n) is 7.33. The summed E-state index contributed by atoms with van der Waals surface area (Å²) in [6.45, 7) is 1.72. The molecule has 6 nitrogen and oxygen atoms in total. The molecule has 0 aliphatic heterocycles. The summed E-state index contributed by atoms with van der Waals surface area (Å²) in [5.41, 5.74) is 1.57. The molecule has 0 aliphatic carbocycles. The minimum atomic E-state index is -0.256. The molecule has 1 amide bonds. The molecule has 1 N–H and O–H groups in total. The Morgan fingerprint density at radius 2 is 1.90 bits per heavy atom. The number of pyridine rings is 1. The van der Waals surface area contributed by atoms with E-state index in [0.29, 0.717) is 16.5 Å². The van der Waals surface area contributed by atoms with Gasteiger partial charge in [-0.3, -0.25) is 4.79 Å². The number of likely N-dealkylation sites (N-methyl/N-ethyl adjacent to an activating group) is 2. The van der Waals surface area contributed by atoms with E-state index in [9.17, 15) is 4.79 Å². The smallest absolute Gasteiger partial charge is 0.262 e. The first-order valence-electron chi connectivity index (χ1n) is 9.56. The maximum Gasteiger partial charge on any atom is 0.262 e. The van der Waals surface area contributed by atoms with Crippen LogP contribution in [0.15, 0.2) is 48.5 Å². The monoisotopic (exact) mass is 444 g/mol. The Morgan fingerprint density at radius 1 is 1.10 bits per heavy atom. The molecule has 2 aromatic carbocycles. The lowest BCUT2D eigenvalue weighted by Crippen LogP contribution is -2.28. The SMILES string of the molecule is CN(C)CCN(C)c1ccc2cc(NC(=O)COc3ccc(P)cc3Cl)ccc2n1. The summed E-state index contributed by atoms with van der Waals surface area (Å²) in [4.78, 5) is 21.2. The third kappa shape index (κ3) is 6.05. The topological polar surface area (TPSA) is 57.7 Å². The van der Waals surface area contributed by atoms with E-state index in [4.69, 9.17) is 21.3 Å². The Bertz CT molecular complexity index is 1040. The molecule has 0 aliphatic rings. The van der Waals surface area contributed by atoms with Gasteiger partial charge >= 0.3 is 0 Å². The summed E-state index contributed by atoms with van der Waals surface area (Å²) in [5, 5.41) is 5.23. The van der Waals surface area contributed by atoms with Crippen molar-refractivity contribution in [2.75, 3.05) is 51.1 Å². The van der Waals surface area contributed by atoms with E-state index in [-0.39, 0.29) is 12.5 Å². The quantitative estimate of drug-likeness (QED) is 0.540. The summed E-state index contributed by atoms with van der Waals surface area (Å²) < 4.78 is 5.52. The Labute approximate surface area is 184 Å². The molecule has 8 heteroatoms. The summed E-state index contributed by atoms with van der Waals surface area (Å²) >= 11 is 6.13. The van der Waals surface area contributed by atoms with Crippen molar-refractivity contribution in [1.82, 2.24) is 9.88 Å². The van der Waals surface area contributed by atoms with Crippen LogP contribution in [0.4, 0.5) is 11.5 Å². The lowest BCUT2D eigenvalue weighted by atomic mass is 10.2. The number of nitrogens with one attached hydrogen (secondary N) is 1. The fourth-order valence-electron chi connectivity index (χ4n) is 2.84. The number of hydrogen-bond acceptors (Lipinski definition) is 5. The maximum absolute atomic E-state index is 12.3. The Balaban J connectivity index is 1.62. The van der Waals surface area contributed by atoms with Crippen LogP contribution in [0.3, 0.4) is 0 Å². The van der Waals surface area contributed by atoms with Crippen molar-refractivity contribution >= 4 is 54.5 Å². The highest BCUT2D eigenvalue weighted by atomic mass is 35.5. The minimum absolute atomic E-state index is 0.123. The largest absolute Gasteiger partial charge is 0.482 e. The van der Waals surface area contributed by atoms with Gasteiger partial charge < -0.3 is 19.9 Å². The van der Waals surface area contributed by atoms with Gasteiger partial charge in [0.05, 0.1) is 10.5 Å². The number of hydrogen-bond donors (Lipinski definition) is 1. The molecule has 0 spiro atoms. The summed E-state index contributed by atoms with van der Waals surface area (Å²) in [6, 6.07) is 15.0. The van der Waals surface area contributed by atoms with Gasteiger partial charge in [-0.25, -0.2) is 4.98 Å². The van der Waals surface area contributed by atoms with E-state index in [1.165, 1.54) is 0 Å². The van der Waals surface area contributed by atoms with Crippen LogP contribution in [0.25, 0.3) is 10.9 Å². The fourth-order valence-corrected chi connectivity index (χ4v) is 3.46. The summed E-state index contributed by atoms with van der Waals surface area (Å²) in [6.07, 6.45) is 0. The average molecular weight is 445 g/mol. The molecule has 1 heterocycles. The van der Waals surface area contributed by atoms with E-state index < -0.39 is 0 Å². The number of carbonyl (C=O) groups is 1. The van der Waals surface area contributed by atoms with Gasteiger partial charge in [-0.1, -0.05) is 17.7 Å². The number of fused-ring (bicyclic) bond motifs is 1. The molecule has 0 saturated heterocycles. The standard InChI is InChI=1S/C22H26ClN4O2P/c1-26(2)10-11-27(3)21-9-4-15-12-16(5-7-19(15)25-21)24-22(28)14-29-20-8-6-17(30)13-18(20)23/h4-9,12-13H,10-11,14,30H2,1-3H3,(H,24,28). The van der Waals surface area contributed by atoms with Crippen LogP contribution in [0.2, 0.25) is 5.02 Å². The third-order valence-corrected chi connectivity index (χ3v) is 5.20. The molecule has 158 valence electrons. The Hall–Kier alpha value is -2.40. The van der Waals surface area contributed by atoms with Gasteiger partial charge in [-0.05, 0) is 61.9 Å². The number of rotatable bonds is 8. The number of anilines is 2. The first-order chi connectivity index (χ1) is 14.3. The molecule has 3 rings (SSSR count). The first kappa shape index (κ1) is 22.3. The normalized spacial score (nSPS) is 11.0.